The lowest BCUT2D eigenvalue weighted by Crippen LogP contribution is -2.46. The number of alkyl halides is 3. The summed E-state index contributed by atoms with van der Waals surface area (Å²) in [5.41, 5.74) is 9.47. The quantitative estimate of drug-likeness (QED) is 0.461. The van der Waals surface area contributed by atoms with E-state index in [1.54, 1.807) is 21.7 Å². The van der Waals surface area contributed by atoms with Gasteiger partial charge in [0.1, 0.15) is 40.7 Å². The molecule has 0 spiro atoms. The number of pyridine rings is 1. The summed E-state index contributed by atoms with van der Waals surface area (Å²) in [7, 11) is 0. The highest BCUT2D eigenvalue weighted by molar-refractivity contribution is 5.96. The molecule has 12 heteroatoms. The van der Waals surface area contributed by atoms with Crippen LogP contribution >= 0.6 is 0 Å². The van der Waals surface area contributed by atoms with Gasteiger partial charge in [-0.15, -0.1) is 13.2 Å². The van der Waals surface area contributed by atoms with Gasteiger partial charge in [0, 0.05) is 31.0 Å². The fourth-order valence-electron chi connectivity index (χ4n) is 4.94. The summed E-state index contributed by atoms with van der Waals surface area (Å²) in [6, 6.07) is 5.27. The Bertz CT molecular complexity index is 1500. The molecule has 0 aliphatic carbocycles. The molecule has 9 nitrogen and oxygen atoms in total. The molecule has 1 fully saturated rings. The number of hydrogen-bond donors (Lipinski definition) is 1. The Morgan fingerprint density at radius 3 is 2.89 bits per heavy atom. The number of fused-ring (bicyclic) bond motifs is 7. The van der Waals surface area contributed by atoms with Crippen molar-refractivity contribution in [2.45, 2.75) is 38.3 Å². The van der Waals surface area contributed by atoms with Crippen LogP contribution in [0.3, 0.4) is 0 Å². The zero-order chi connectivity index (χ0) is 24.5. The Labute approximate surface area is 196 Å². The molecule has 5 heterocycles. The Balaban J connectivity index is 1.37. The molecule has 0 saturated carbocycles. The fraction of sp³-hybridized carbons (Fsp3) is 0.304. The number of anilines is 1. The van der Waals surface area contributed by atoms with Crippen LogP contribution in [0.15, 0.2) is 36.8 Å². The van der Waals surface area contributed by atoms with Crippen molar-refractivity contribution in [3.05, 3.63) is 53.7 Å². The van der Waals surface area contributed by atoms with E-state index in [0.29, 0.717) is 47.3 Å². The van der Waals surface area contributed by atoms with Gasteiger partial charge >= 0.3 is 6.36 Å². The minimum atomic E-state index is -4.80. The molecule has 1 aromatic carbocycles. The van der Waals surface area contributed by atoms with Gasteiger partial charge in [-0.1, -0.05) is 0 Å². The Hall–Kier alpha value is -4.09. The number of aryl methyl sites for hydroxylation is 1. The number of rotatable bonds is 2. The number of piperidine rings is 1. The first-order valence-electron chi connectivity index (χ1n) is 10.9. The molecule has 0 unspecified atom stereocenters. The highest BCUT2D eigenvalue weighted by atomic mass is 19.4. The first kappa shape index (κ1) is 21.4. The number of imidazole rings is 1. The van der Waals surface area contributed by atoms with E-state index in [4.69, 9.17) is 10.5 Å². The van der Waals surface area contributed by atoms with Crippen LogP contribution in [0.2, 0.25) is 0 Å². The van der Waals surface area contributed by atoms with Crippen molar-refractivity contribution in [3.8, 4) is 11.5 Å². The number of carbonyl (C=O) groups excluding carboxylic acids is 1. The van der Waals surface area contributed by atoms with Crippen LogP contribution in [-0.2, 0) is 0 Å². The minimum absolute atomic E-state index is 0.206. The van der Waals surface area contributed by atoms with Crippen molar-refractivity contribution in [1.82, 2.24) is 24.3 Å². The van der Waals surface area contributed by atoms with E-state index < -0.39 is 6.36 Å². The van der Waals surface area contributed by atoms with Gasteiger partial charge < -0.3 is 20.1 Å². The van der Waals surface area contributed by atoms with Crippen molar-refractivity contribution >= 4 is 28.3 Å². The standard InChI is InChI=1S/C23H19F3N6O3/c1-11-20-21(27)30-16-9-28-15(8-18(16)32(20)10-29-11)22(33)31-5-4-12-6-17(31)14-3-2-13(7-19(14)34-12)35-23(24,25)26/h2-3,7-10,12,17H,4-6H2,1H3,(H2,27,30)/t12-,17+/m0/s1. The van der Waals surface area contributed by atoms with E-state index in [9.17, 15) is 18.0 Å². The Kier molecular flexibility index (Phi) is 4.57. The molecule has 2 bridgehead atoms. The lowest BCUT2D eigenvalue weighted by molar-refractivity contribution is -0.274. The zero-order valence-corrected chi connectivity index (χ0v) is 18.4. The number of amides is 1. The number of nitrogens with zero attached hydrogens (tertiary/aromatic N) is 5. The molecule has 2 aliphatic heterocycles. The predicted octanol–water partition coefficient (Wildman–Crippen LogP) is 3.81. The number of hydrogen-bond acceptors (Lipinski definition) is 7. The molecule has 1 amide bonds. The third kappa shape index (κ3) is 3.56. The summed E-state index contributed by atoms with van der Waals surface area (Å²) in [6.07, 6.45) is -0.805. The first-order chi connectivity index (χ1) is 16.7. The molecule has 3 aromatic heterocycles. The molecular formula is C23H19F3N6O3. The van der Waals surface area contributed by atoms with Crippen LogP contribution in [0.1, 0.15) is 40.6 Å². The van der Waals surface area contributed by atoms with Gasteiger partial charge in [-0.25, -0.2) is 15.0 Å². The van der Waals surface area contributed by atoms with Crippen molar-refractivity contribution in [2.24, 2.45) is 0 Å². The third-order valence-corrected chi connectivity index (χ3v) is 6.46. The van der Waals surface area contributed by atoms with Gasteiger partial charge in [-0.05, 0) is 25.1 Å². The van der Waals surface area contributed by atoms with Crippen LogP contribution in [0.4, 0.5) is 19.0 Å². The number of aromatic nitrogens is 4. The van der Waals surface area contributed by atoms with Gasteiger partial charge in [-0.2, -0.15) is 0 Å². The number of nitrogen functional groups attached to an aromatic ring is 1. The van der Waals surface area contributed by atoms with Crippen LogP contribution in [0, 0.1) is 6.92 Å². The molecule has 4 aromatic rings. The number of benzene rings is 1. The minimum Gasteiger partial charge on any atom is -0.490 e. The second-order valence-corrected chi connectivity index (χ2v) is 8.63. The molecule has 1 saturated heterocycles. The molecule has 6 rings (SSSR count). The fourth-order valence-corrected chi connectivity index (χ4v) is 4.94. The van der Waals surface area contributed by atoms with Crippen molar-refractivity contribution in [3.63, 3.8) is 0 Å². The molecule has 2 atom stereocenters. The van der Waals surface area contributed by atoms with Crippen LogP contribution in [-0.4, -0.2) is 49.2 Å². The van der Waals surface area contributed by atoms with Crippen molar-refractivity contribution < 1.29 is 27.4 Å². The van der Waals surface area contributed by atoms with E-state index >= 15 is 0 Å². The van der Waals surface area contributed by atoms with Crippen LogP contribution < -0.4 is 15.2 Å². The number of halogens is 3. The van der Waals surface area contributed by atoms with Crippen LogP contribution in [0.5, 0.6) is 11.5 Å². The topological polar surface area (TPSA) is 108 Å². The van der Waals surface area contributed by atoms with Crippen molar-refractivity contribution in [2.75, 3.05) is 12.3 Å². The highest BCUT2D eigenvalue weighted by Gasteiger charge is 2.40. The van der Waals surface area contributed by atoms with Gasteiger partial charge in [0.25, 0.3) is 5.91 Å². The average Bonchev–Trinajstić information content (AvgIpc) is 3.20. The summed E-state index contributed by atoms with van der Waals surface area (Å²) in [6.45, 7) is 2.25. The van der Waals surface area contributed by atoms with E-state index in [2.05, 4.69) is 19.7 Å². The zero-order valence-electron chi connectivity index (χ0n) is 18.4. The summed E-state index contributed by atoms with van der Waals surface area (Å²) in [5, 5.41) is 0. The smallest absolute Gasteiger partial charge is 0.490 e. The maximum atomic E-state index is 13.6. The van der Waals surface area contributed by atoms with Gasteiger partial charge in [0.2, 0.25) is 0 Å². The molecule has 35 heavy (non-hydrogen) atoms. The second-order valence-electron chi connectivity index (χ2n) is 8.63. The number of ether oxygens (including phenoxy) is 2. The summed E-state index contributed by atoms with van der Waals surface area (Å²) < 4.78 is 49.6. The monoisotopic (exact) mass is 484 g/mol. The second kappa shape index (κ2) is 7.45. The third-order valence-electron chi connectivity index (χ3n) is 6.46. The molecule has 180 valence electrons. The average molecular weight is 484 g/mol. The van der Waals surface area contributed by atoms with Crippen LogP contribution in [0.25, 0.3) is 16.6 Å². The number of nitrogens with two attached hydrogens (primary N) is 1. The normalized spacial score (nSPS) is 19.5. The molecule has 0 radical (unpaired) electrons. The predicted molar refractivity (Wildman–Crippen MR) is 118 cm³/mol. The van der Waals surface area contributed by atoms with Gasteiger partial charge in [0.15, 0.2) is 5.82 Å². The number of carbonyl (C=O) groups is 1. The maximum absolute atomic E-state index is 13.6. The summed E-state index contributed by atoms with van der Waals surface area (Å²) >= 11 is 0. The molecule has 2 N–H and O–H groups in total. The summed E-state index contributed by atoms with van der Waals surface area (Å²) in [4.78, 5) is 28.3. The number of likely N-dealkylation sites (tertiary alicyclic amines) is 1. The van der Waals surface area contributed by atoms with Gasteiger partial charge in [-0.3, -0.25) is 9.20 Å². The largest absolute Gasteiger partial charge is 0.573 e. The molecular weight excluding hydrogens is 465 g/mol. The Morgan fingerprint density at radius 1 is 1.26 bits per heavy atom. The Morgan fingerprint density at radius 2 is 2.09 bits per heavy atom. The lowest BCUT2D eigenvalue weighted by Gasteiger charge is -2.43. The summed E-state index contributed by atoms with van der Waals surface area (Å²) in [5.74, 6) is -0.0484. The van der Waals surface area contributed by atoms with E-state index in [1.165, 1.54) is 24.4 Å². The van der Waals surface area contributed by atoms with Gasteiger partial charge in [0.05, 0.1) is 23.4 Å². The SMILES string of the molecule is Cc1ncn2c1c(N)nc1cnc(C(=O)N3CC[C@H]4C[C@@H]3c3ccc(OC(F)(F)F)cc3O4)cc12. The van der Waals surface area contributed by atoms with E-state index in [1.807, 2.05) is 6.92 Å². The van der Waals surface area contributed by atoms with Crippen molar-refractivity contribution in [1.29, 1.82) is 0 Å². The van der Waals surface area contributed by atoms with E-state index in [0.717, 1.165) is 5.69 Å². The maximum Gasteiger partial charge on any atom is 0.573 e. The lowest BCUT2D eigenvalue weighted by atomic mass is 9.89. The highest BCUT2D eigenvalue weighted by Crippen LogP contribution is 2.44. The van der Waals surface area contributed by atoms with E-state index in [-0.39, 0.29) is 35.2 Å². The first-order valence-corrected chi connectivity index (χ1v) is 10.9. The molecule has 2 aliphatic rings.